The zero-order chi connectivity index (χ0) is 18.8. The molecule has 0 N–H and O–H groups in total. The molecule has 4 rings (SSSR count). The van der Waals surface area contributed by atoms with E-state index in [9.17, 15) is 0 Å². The zero-order valence-electron chi connectivity index (χ0n) is 15.9. The van der Waals surface area contributed by atoms with Crippen molar-refractivity contribution < 1.29 is 4.52 Å². The number of aromatic nitrogens is 5. The van der Waals surface area contributed by atoms with E-state index in [-0.39, 0.29) is 5.25 Å². The fraction of sp³-hybridized carbons (Fsp3) is 0.474. The van der Waals surface area contributed by atoms with E-state index in [1.807, 2.05) is 6.92 Å². The van der Waals surface area contributed by atoms with Gasteiger partial charge >= 0.3 is 0 Å². The molecule has 0 saturated carbocycles. The monoisotopic (exact) mass is 384 g/mol. The van der Waals surface area contributed by atoms with Crippen molar-refractivity contribution in [3.05, 3.63) is 41.5 Å². The quantitative estimate of drug-likeness (QED) is 0.595. The summed E-state index contributed by atoms with van der Waals surface area (Å²) in [6.45, 7) is 8.21. The average Bonchev–Trinajstić information content (AvgIpc) is 3.42. The molecule has 142 valence electrons. The fourth-order valence-corrected chi connectivity index (χ4v) is 4.06. The summed E-state index contributed by atoms with van der Waals surface area (Å²) >= 11 is 1.59. The van der Waals surface area contributed by atoms with Crippen molar-refractivity contribution in [2.24, 2.45) is 0 Å². The van der Waals surface area contributed by atoms with Crippen LogP contribution < -0.4 is 4.90 Å². The van der Waals surface area contributed by atoms with Crippen LogP contribution in [0.4, 0.5) is 5.95 Å². The Hall–Kier alpha value is -2.35. The number of hydrogen-bond acceptors (Lipinski definition) is 7. The maximum absolute atomic E-state index is 5.41. The Morgan fingerprint density at radius 3 is 2.56 bits per heavy atom. The number of nitrogens with zero attached hydrogens (tertiary/aromatic N) is 6. The third-order valence-corrected chi connectivity index (χ3v) is 5.76. The topological polar surface area (TPSA) is 72.9 Å². The van der Waals surface area contributed by atoms with Gasteiger partial charge in [0.05, 0.1) is 10.9 Å². The predicted molar refractivity (Wildman–Crippen MR) is 105 cm³/mol. The molecule has 7 nitrogen and oxygen atoms in total. The van der Waals surface area contributed by atoms with E-state index in [0.29, 0.717) is 5.89 Å². The Balaban J connectivity index is 1.68. The summed E-state index contributed by atoms with van der Waals surface area (Å²) in [5.74, 6) is 2.26. The molecule has 1 fully saturated rings. The van der Waals surface area contributed by atoms with Crippen LogP contribution in [-0.2, 0) is 6.42 Å². The molecule has 0 spiro atoms. The molecular weight excluding hydrogens is 360 g/mol. The van der Waals surface area contributed by atoms with Crippen LogP contribution in [0.15, 0.2) is 33.9 Å². The van der Waals surface area contributed by atoms with Gasteiger partial charge in [0.2, 0.25) is 11.8 Å². The van der Waals surface area contributed by atoms with Crippen LogP contribution in [0.2, 0.25) is 0 Å². The van der Waals surface area contributed by atoms with Crippen LogP contribution in [0.25, 0.3) is 5.69 Å². The fourth-order valence-electron chi connectivity index (χ4n) is 3.17. The molecule has 1 aromatic carbocycles. The van der Waals surface area contributed by atoms with Gasteiger partial charge < -0.3 is 9.42 Å². The number of thioether (sulfide) groups is 1. The molecule has 1 atom stereocenters. The second-order valence-electron chi connectivity index (χ2n) is 6.81. The van der Waals surface area contributed by atoms with Gasteiger partial charge in [-0.2, -0.15) is 4.98 Å². The van der Waals surface area contributed by atoms with Gasteiger partial charge in [-0.05, 0) is 38.8 Å². The molecule has 0 bridgehead atoms. The standard InChI is InChI=1S/C19H24N6OS/c1-4-16-20-17(26-23-16)14(3)27-19-22-21-18(24-11-5-6-12-24)25(19)15-9-7-13(2)8-10-15/h7-10,14H,4-6,11-12H2,1-3H3. The van der Waals surface area contributed by atoms with Gasteiger partial charge in [-0.15, -0.1) is 10.2 Å². The number of rotatable bonds is 6. The minimum Gasteiger partial charge on any atom is -0.341 e. The molecule has 1 saturated heterocycles. The van der Waals surface area contributed by atoms with Crippen molar-refractivity contribution in [3.8, 4) is 5.69 Å². The largest absolute Gasteiger partial charge is 0.341 e. The summed E-state index contributed by atoms with van der Waals surface area (Å²) in [7, 11) is 0. The second kappa shape index (κ2) is 7.72. The average molecular weight is 385 g/mol. The molecule has 0 amide bonds. The molecule has 0 aliphatic carbocycles. The number of anilines is 1. The van der Waals surface area contributed by atoms with Crippen molar-refractivity contribution in [2.45, 2.75) is 50.4 Å². The molecule has 1 aliphatic heterocycles. The summed E-state index contributed by atoms with van der Waals surface area (Å²) in [6.07, 6.45) is 3.16. The highest BCUT2D eigenvalue weighted by atomic mass is 32.2. The third-order valence-electron chi connectivity index (χ3n) is 4.73. The van der Waals surface area contributed by atoms with Gasteiger partial charge in [0.15, 0.2) is 11.0 Å². The Labute approximate surface area is 163 Å². The smallest absolute Gasteiger partial charge is 0.239 e. The molecule has 27 heavy (non-hydrogen) atoms. The summed E-state index contributed by atoms with van der Waals surface area (Å²) in [5, 5.41) is 13.9. The molecule has 0 radical (unpaired) electrons. The van der Waals surface area contributed by atoms with Crippen LogP contribution >= 0.6 is 11.8 Å². The van der Waals surface area contributed by atoms with Crippen LogP contribution in [0.1, 0.15) is 49.2 Å². The van der Waals surface area contributed by atoms with E-state index in [0.717, 1.165) is 42.1 Å². The van der Waals surface area contributed by atoms with E-state index in [1.165, 1.54) is 18.4 Å². The highest BCUT2D eigenvalue weighted by Gasteiger charge is 2.25. The van der Waals surface area contributed by atoms with Crippen molar-refractivity contribution in [1.82, 2.24) is 24.9 Å². The summed E-state index contributed by atoms with van der Waals surface area (Å²) in [4.78, 5) is 6.77. The van der Waals surface area contributed by atoms with Crippen molar-refractivity contribution in [1.29, 1.82) is 0 Å². The number of hydrogen-bond donors (Lipinski definition) is 0. The van der Waals surface area contributed by atoms with Crippen molar-refractivity contribution >= 4 is 17.7 Å². The van der Waals surface area contributed by atoms with E-state index in [1.54, 1.807) is 11.8 Å². The first-order chi connectivity index (χ1) is 13.2. The van der Waals surface area contributed by atoms with Crippen LogP contribution in [0, 0.1) is 6.92 Å². The van der Waals surface area contributed by atoms with Gasteiger partial charge in [0, 0.05) is 19.5 Å². The highest BCUT2D eigenvalue weighted by Crippen LogP contribution is 2.36. The molecule has 1 unspecified atom stereocenters. The van der Waals surface area contributed by atoms with Gasteiger partial charge in [-0.25, -0.2) is 0 Å². The zero-order valence-corrected chi connectivity index (χ0v) is 16.7. The SMILES string of the molecule is CCc1noc(C(C)Sc2nnc(N3CCCC3)n2-c2ccc(C)cc2)n1. The minimum atomic E-state index is -0.00220. The maximum atomic E-state index is 5.41. The lowest BCUT2D eigenvalue weighted by molar-refractivity contribution is 0.375. The van der Waals surface area contributed by atoms with Gasteiger partial charge in [0.1, 0.15) is 0 Å². The first kappa shape index (κ1) is 18.0. The van der Waals surface area contributed by atoms with E-state index < -0.39 is 0 Å². The summed E-state index contributed by atoms with van der Waals surface area (Å²) < 4.78 is 7.55. The molecule has 3 heterocycles. The first-order valence-corrected chi connectivity index (χ1v) is 10.3. The predicted octanol–water partition coefficient (Wildman–Crippen LogP) is 3.97. The molecular formula is C19H24N6OS. The normalized spacial score (nSPS) is 15.4. The van der Waals surface area contributed by atoms with Gasteiger partial charge in [-0.3, -0.25) is 4.57 Å². The minimum absolute atomic E-state index is 0.00220. The first-order valence-electron chi connectivity index (χ1n) is 9.42. The molecule has 8 heteroatoms. The van der Waals surface area contributed by atoms with E-state index in [4.69, 9.17) is 4.52 Å². The second-order valence-corrected chi connectivity index (χ2v) is 8.12. The lowest BCUT2D eigenvalue weighted by Crippen LogP contribution is -2.22. The van der Waals surface area contributed by atoms with Crippen LogP contribution in [0.3, 0.4) is 0 Å². The summed E-state index contributed by atoms with van der Waals surface area (Å²) in [6, 6.07) is 8.47. The van der Waals surface area contributed by atoms with Crippen LogP contribution in [-0.4, -0.2) is 38.0 Å². The molecule has 3 aromatic rings. The lowest BCUT2D eigenvalue weighted by atomic mass is 10.2. The molecule has 1 aliphatic rings. The van der Waals surface area contributed by atoms with E-state index >= 15 is 0 Å². The van der Waals surface area contributed by atoms with Gasteiger partial charge in [0.25, 0.3) is 0 Å². The van der Waals surface area contributed by atoms with E-state index in [2.05, 4.69) is 67.9 Å². The Kier molecular flexibility index (Phi) is 5.15. The van der Waals surface area contributed by atoms with Crippen molar-refractivity contribution in [3.63, 3.8) is 0 Å². The van der Waals surface area contributed by atoms with Gasteiger partial charge in [-0.1, -0.05) is 41.5 Å². The number of aryl methyl sites for hydroxylation is 2. The lowest BCUT2D eigenvalue weighted by Gasteiger charge is -2.19. The third kappa shape index (κ3) is 3.71. The maximum Gasteiger partial charge on any atom is 0.239 e. The van der Waals surface area contributed by atoms with Crippen molar-refractivity contribution in [2.75, 3.05) is 18.0 Å². The number of benzene rings is 1. The Morgan fingerprint density at radius 1 is 1.15 bits per heavy atom. The molecule has 2 aromatic heterocycles. The van der Waals surface area contributed by atoms with Crippen LogP contribution in [0.5, 0.6) is 0 Å². The highest BCUT2D eigenvalue weighted by molar-refractivity contribution is 7.99. The Morgan fingerprint density at radius 2 is 1.89 bits per heavy atom. The summed E-state index contributed by atoms with van der Waals surface area (Å²) in [5.41, 5.74) is 2.30. The Bertz CT molecular complexity index is 897.